The van der Waals surface area contributed by atoms with E-state index < -0.39 is 0 Å². The first-order valence-corrected chi connectivity index (χ1v) is 4.74. The van der Waals surface area contributed by atoms with Gasteiger partial charge in [0.25, 0.3) is 0 Å². The Hall–Kier alpha value is -0.370. The molecule has 0 aromatic carbocycles. The van der Waals surface area contributed by atoms with Crippen molar-refractivity contribution in [2.75, 3.05) is 6.61 Å². The smallest absolute Gasteiger partial charge is 0.138 e. The standard InChI is InChI=1S/C10H18O2/c1-4-5-9(11)8-6-7-12-10(8,2)3/h8H,4-7H2,1-3H3. The number of carbonyl (C=O) groups excluding carboxylic acids is 1. The molecule has 1 rings (SSSR count). The van der Waals surface area contributed by atoms with Crippen molar-refractivity contribution in [2.24, 2.45) is 5.92 Å². The number of Topliss-reactive ketones (excluding diaryl/α,β-unsaturated/α-hetero) is 1. The Morgan fingerprint density at radius 3 is 2.67 bits per heavy atom. The van der Waals surface area contributed by atoms with Gasteiger partial charge in [-0.25, -0.2) is 0 Å². The fraction of sp³-hybridized carbons (Fsp3) is 0.900. The van der Waals surface area contributed by atoms with E-state index in [0.717, 1.165) is 19.4 Å². The lowest BCUT2D eigenvalue weighted by molar-refractivity contribution is -0.127. The Balaban J connectivity index is 2.56. The van der Waals surface area contributed by atoms with Gasteiger partial charge in [0.2, 0.25) is 0 Å². The van der Waals surface area contributed by atoms with Crippen molar-refractivity contribution < 1.29 is 9.53 Å². The molecule has 1 atom stereocenters. The molecule has 12 heavy (non-hydrogen) atoms. The van der Waals surface area contributed by atoms with Crippen LogP contribution in [0.15, 0.2) is 0 Å². The molecule has 1 fully saturated rings. The lowest BCUT2D eigenvalue weighted by Crippen LogP contribution is -2.33. The van der Waals surface area contributed by atoms with Crippen molar-refractivity contribution in [1.82, 2.24) is 0 Å². The maximum atomic E-state index is 11.6. The molecule has 1 saturated heterocycles. The molecular weight excluding hydrogens is 152 g/mol. The van der Waals surface area contributed by atoms with Gasteiger partial charge < -0.3 is 4.74 Å². The van der Waals surface area contributed by atoms with Gasteiger partial charge in [-0.3, -0.25) is 4.79 Å². The first-order valence-electron chi connectivity index (χ1n) is 4.74. The van der Waals surface area contributed by atoms with E-state index in [4.69, 9.17) is 4.74 Å². The van der Waals surface area contributed by atoms with Gasteiger partial charge in [-0.05, 0) is 26.7 Å². The van der Waals surface area contributed by atoms with Gasteiger partial charge in [0.1, 0.15) is 5.78 Å². The quantitative estimate of drug-likeness (QED) is 0.649. The number of hydrogen-bond donors (Lipinski definition) is 0. The summed E-state index contributed by atoms with van der Waals surface area (Å²) >= 11 is 0. The molecule has 70 valence electrons. The molecule has 2 heteroatoms. The van der Waals surface area contributed by atoms with Gasteiger partial charge in [-0.15, -0.1) is 0 Å². The summed E-state index contributed by atoms with van der Waals surface area (Å²) in [6.45, 7) is 6.81. The predicted octanol–water partition coefficient (Wildman–Crippen LogP) is 2.17. The molecular formula is C10H18O2. The Morgan fingerprint density at radius 2 is 2.25 bits per heavy atom. The van der Waals surface area contributed by atoms with Crippen molar-refractivity contribution in [3.8, 4) is 0 Å². The largest absolute Gasteiger partial charge is 0.375 e. The first kappa shape index (κ1) is 9.72. The van der Waals surface area contributed by atoms with Gasteiger partial charge in [0, 0.05) is 18.9 Å². The maximum Gasteiger partial charge on any atom is 0.138 e. The van der Waals surface area contributed by atoms with Crippen molar-refractivity contribution in [3.63, 3.8) is 0 Å². The Morgan fingerprint density at radius 1 is 1.58 bits per heavy atom. The van der Waals surface area contributed by atoms with Crippen LogP contribution in [0.1, 0.15) is 40.0 Å². The summed E-state index contributed by atoms with van der Waals surface area (Å²) in [5.74, 6) is 0.512. The molecule has 1 heterocycles. The summed E-state index contributed by atoms with van der Waals surface area (Å²) in [5.41, 5.74) is -0.216. The second-order valence-electron chi connectivity index (χ2n) is 4.01. The number of carbonyl (C=O) groups is 1. The van der Waals surface area contributed by atoms with Crippen molar-refractivity contribution in [3.05, 3.63) is 0 Å². The first-order chi connectivity index (χ1) is 5.58. The monoisotopic (exact) mass is 170 g/mol. The van der Waals surface area contributed by atoms with E-state index in [1.165, 1.54) is 0 Å². The number of hydrogen-bond acceptors (Lipinski definition) is 2. The van der Waals surface area contributed by atoms with Gasteiger partial charge in [-0.2, -0.15) is 0 Å². The van der Waals surface area contributed by atoms with Crippen LogP contribution < -0.4 is 0 Å². The van der Waals surface area contributed by atoms with Crippen LogP contribution in [0.25, 0.3) is 0 Å². The summed E-state index contributed by atoms with van der Waals surface area (Å²) in [5, 5.41) is 0. The molecule has 1 aliphatic heterocycles. The molecule has 0 aromatic rings. The van der Waals surface area contributed by atoms with E-state index in [0.29, 0.717) is 12.2 Å². The predicted molar refractivity (Wildman–Crippen MR) is 48.1 cm³/mol. The highest BCUT2D eigenvalue weighted by Crippen LogP contribution is 2.32. The van der Waals surface area contributed by atoms with Crippen LogP contribution in [0, 0.1) is 5.92 Å². The van der Waals surface area contributed by atoms with Crippen LogP contribution in [0.5, 0.6) is 0 Å². The third-order valence-corrected chi connectivity index (χ3v) is 2.60. The van der Waals surface area contributed by atoms with Gasteiger partial charge in [0.05, 0.1) is 5.60 Å². The van der Waals surface area contributed by atoms with Crippen molar-refractivity contribution in [2.45, 2.75) is 45.6 Å². The average Bonchev–Trinajstić information content (AvgIpc) is 2.30. The van der Waals surface area contributed by atoms with Crippen LogP contribution >= 0.6 is 0 Å². The van der Waals surface area contributed by atoms with Crippen LogP contribution in [0.3, 0.4) is 0 Å². The zero-order valence-corrected chi connectivity index (χ0v) is 8.22. The van der Waals surface area contributed by atoms with Gasteiger partial charge in [0.15, 0.2) is 0 Å². The SMILES string of the molecule is CCCC(=O)C1CCOC1(C)C. The van der Waals surface area contributed by atoms with E-state index in [1.54, 1.807) is 0 Å². The topological polar surface area (TPSA) is 26.3 Å². The van der Waals surface area contributed by atoms with Crippen LogP contribution in [0.4, 0.5) is 0 Å². The highest BCUT2D eigenvalue weighted by atomic mass is 16.5. The van der Waals surface area contributed by atoms with Gasteiger partial charge >= 0.3 is 0 Å². The molecule has 0 saturated carbocycles. The second kappa shape index (κ2) is 3.56. The molecule has 0 amide bonds. The van der Waals surface area contributed by atoms with Crippen molar-refractivity contribution >= 4 is 5.78 Å². The summed E-state index contributed by atoms with van der Waals surface area (Å²) < 4.78 is 5.50. The fourth-order valence-electron chi connectivity index (χ4n) is 1.86. The van der Waals surface area contributed by atoms with E-state index in [-0.39, 0.29) is 11.5 Å². The Labute approximate surface area is 74.3 Å². The van der Waals surface area contributed by atoms with E-state index in [9.17, 15) is 4.79 Å². The molecule has 2 nitrogen and oxygen atoms in total. The number of rotatable bonds is 3. The van der Waals surface area contributed by atoms with E-state index in [1.807, 2.05) is 20.8 Å². The summed E-state index contributed by atoms with van der Waals surface area (Å²) in [6.07, 6.45) is 2.56. The molecule has 1 aliphatic rings. The third kappa shape index (κ3) is 1.86. The summed E-state index contributed by atoms with van der Waals surface area (Å²) in [7, 11) is 0. The lowest BCUT2D eigenvalue weighted by Gasteiger charge is -2.24. The van der Waals surface area contributed by atoms with Crippen LogP contribution in [-0.4, -0.2) is 18.0 Å². The third-order valence-electron chi connectivity index (χ3n) is 2.60. The van der Waals surface area contributed by atoms with E-state index >= 15 is 0 Å². The molecule has 1 unspecified atom stereocenters. The fourth-order valence-corrected chi connectivity index (χ4v) is 1.86. The zero-order valence-electron chi connectivity index (χ0n) is 8.22. The number of ketones is 1. The molecule has 0 aromatic heterocycles. The normalized spacial score (nSPS) is 27.4. The highest BCUT2D eigenvalue weighted by molar-refractivity contribution is 5.82. The van der Waals surface area contributed by atoms with Crippen LogP contribution in [0.2, 0.25) is 0 Å². The summed E-state index contributed by atoms with van der Waals surface area (Å²) in [4.78, 5) is 11.6. The lowest BCUT2D eigenvalue weighted by atomic mass is 9.85. The molecule has 0 spiro atoms. The average molecular weight is 170 g/mol. The highest BCUT2D eigenvalue weighted by Gasteiger charge is 2.39. The Kier molecular flexibility index (Phi) is 2.89. The maximum absolute atomic E-state index is 11.6. The minimum absolute atomic E-state index is 0.137. The van der Waals surface area contributed by atoms with Crippen LogP contribution in [-0.2, 0) is 9.53 Å². The van der Waals surface area contributed by atoms with E-state index in [2.05, 4.69) is 0 Å². The molecule has 0 bridgehead atoms. The Bertz CT molecular complexity index is 173. The van der Waals surface area contributed by atoms with Gasteiger partial charge in [-0.1, -0.05) is 6.92 Å². The molecule has 0 radical (unpaired) electrons. The summed E-state index contributed by atoms with van der Waals surface area (Å²) in [6, 6.07) is 0. The molecule has 0 N–H and O–H groups in total. The second-order valence-corrected chi connectivity index (χ2v) is 4.01. The minimum Gasteiger partial charge on any atom is -0.375 e. The van der Waals surface area contributed by atoms with Crippen molar-refractivity contribution in [1.29, 1.82) is 0 Å². The molecule has 0 aliphatic carbocycles. The minimum atomic E-state index is -0.216. The zero-order chi connectivity index (χ0) is 9.19. The number of ether oxygens (including phenoxy) is 1.